The van der Waals surface area contributed by atoms with Crippen molar-refractivity contribution in [1.82, 2.24) is 0 Å². The Morgan fingerprint density at radius 1 is 1.25 bits per heavy atom. The first-order valence-corrected chi connectivity index (χ1v) is 3.88. The fraction of sp³-hybridized carbons (Fsp3) is 0.875. The van der Waals surface area contributed by atoms with E-state index in [2.05, 4.69) is 9.47 Å². The minimum absolute atomic E-state index is 0.292. The molecule has 0 saturated carbocycles. The van der Waals surface area contributed by atoms with Crippen LogP contribution >= 0.6 is 0 Å². The predicted molar refractivity (Wildman–Crippen MR) is 46.3 cm³/mol. The van der Waals surface area contributed by atoms with Crippen LogP contribution in [0.15, 0.2) is 0 Å². The number of carboxylic acids is 1. The Kier molecular flexibility index (Phi) is 15.1. The summed E-state index contributed by atoms with van der Waals surface area (Å²) in [6, 6.07) is 0. The van der Waals surface area contributed by atoms with Gasteiger partial charge in [-0.15, -0.1) is 0 Å². The number of carbonyl (C=O) groups is 1. The maximum atomic E-state index is 9.60. The molecule has 0 rings (SSSR count). The highest BCUT2D eigenvalue weighted by Gasteiger charge is 1.87. The number of aliphatic carboxylic acids is 1. The zero-order chi connectivity index (χ0) is 9.82. The topological polar surface area (TPSA) is 55.8 Å². The molecule has 0 heterocycles. The minimum Gasteiger partial charge on any atom is -0.481 e. The number of ether oxygens (including phenoxy) is 2. The van der Waals surface area contributed by atoms with Gasteiger partial charge in [0.2, 0.25) is 0 Å². The lowest BCUT2D eigenvalue weighted by Gasteiger charge is -1.91. The maximum absolute atomic E-state index is 9.60. The van der Waals surface area contributed by atoms with Gasteiger partial charge in [-0.25, -0.2) is 0 Å². The van der Waals surface area contributed by atoms with Gasteiger partial charge in [-0.1, -0.05) is 6.92 Å². The third-order valence-corrected chi connectivity index (χ3v) is 0.955. The van der Waals surface area contributed by atoms with Crippen molar-refractivity contribution in [2.24, 2.45) is 0 Å². The molecule has 0 saturated heterocycles. The average Bonchev–Trinajstić information content (AvgIpc) is 2.02. The molecule has 0 aliphatic carbocycles. The van der Waals surface area contributed by atoms with Crippen LogP contribution in [0.5, 0.6) is 0 Å². The molecule has 0 spiro atoms. The minimum atomic E-state index is -0.711. The molecular formula is C8H18O4. The molecule has 0 fully saturated rings. The molecule has 0 bridgehead atoms. The zero-order valence-electron chi connectivity index (χ0n) is 8.00. The summed E-state index contributed by atoms with van der Waals surface area (Å²) in [5.74, 6) is -0.711. The van der Waals surface area contributed by atoms with Crippen LogP contribution in [0.2, 0.25) is 0 Å². The summed E-state index contributed by atoms with van der Waals surface area (Å²) in [6.45, 7) is 3.22. The lowest BCUT2D eigenvalue weighted by molar-refractivity contribution is -0.137. The van der Waals surface area contributed by atoms with E-state index in [0.29, 0.717) is 19.6 Å². The first-order chi connectivity index (χ1) is 5.68. The highest BCUT2D eigenvalue weighted by Crippen LogP contribution is 1.82. The zero-order valence-corrected chi connectivity index (χ0v) is 8.00. The monoisotopic (exact) mass is 178 g/mol. The number of hydrogen-bond acceptors (Lipinski definition) is 3. The van der Waals surface area contributed by atoms with Gasteiger partial charge in [-0.05, 0) is 6.42 Å². The van der Waals surface area contributed by atoms with E-state index in [0.717, 1.165) is 6.42 Å². The SMILES string of the molecule is CCCC(=O)O.COCCOC. The molecule has 0 aromatic rings. The molecule has 0 aromatic heterocycles. The van der Waals surface area contributed by atoms with Gasteiger partial charge in [0.05, 0.1) is 13.2 Å². The largest absolute Gasteiger partial charge is 0.481 e. The van der Waals surface area contributed by atoms with Crippen LogP contribution in [-0.2, 0) is 14.3 Å². The highest BCUT2D eigenvalue weighted by molar-refractivity contribution is 5.66. The summed E-state index contributed by atoms with van der Waals surface area (Å²) in [4.78, 5) is 9.60. The van der Waals surface area contributed by atoms with Crippen molar-refractivity contribution < 1.29 is 19.4 Å². The lowest BCUT2D eigenvalue weighted by atomic mass is 10.4. The number of hydrogen-bond donors (Lipinski definition) is 1. The average molecular weight is 178 g/mol. The summed E-state index contributed by atoms with van der Waals surface area (Å²) >= 11 is 0. The van der Waals surface area contributed by atoms with Gasteiger partial charge < -0.3 is 14.6 Å². The van der Waals surface area contributed by atoms with Gasteiger partial charge in [-0.2, -0.15) is 0 Å². The van der Waals surface area contributed by atoms with Crippen LogP contribution in [0.1, 0.15) is 19.8 Å². The Hall–Kier alpha value is -0.610. The van der Waals surface area contributed by atoms with Crippen LogP contribution in [0.25, 0.3) is 0 Å². The second-order valence-electron chi connectivity index (χ2n) is 2.13. The van der Waals surface area contributed by atoms with Crippen LogP contribution in [-0.4, -0.2) is 38.5 Å². The molecular weight excluding hydrogens is 160 g/mol. The van der Waals surface area contributed by atoms with E-state index in [4.69, 9.17) is 5.11 Å². The van der Waals surface area contributed by atoms with Crippen molar-refractivity contribution in [3.8, 4) is 0 Å². The van der Waals surface area contributed by atoms with Gasteiger partial charge in [-0.3, -0.25) is 4.79 Å². The van der Waals surface area contributed by atoms with Gasteiger partial charge >= 0.3 is 5.97 Å². The molecule has 0 radical (unpaired) electrons. The summed E-state index contributed by atoms with van der Waals surface area (Å²) in [5.41, 5.74) is 0. The molecule has 0 unspecified atom stereocenters. The first-order valence-electron chi connectivity index (χ1n) is 3.88. The van der Waals surface area contributed by atoms with E-state index in [1.165, 1.54) is 0 Å². The summed E-state index contributed by atoms with van der Waals surface area (Å²) < 4.78 is 9.31. The molecule has 1 N–H and O–H groups in total. The fourth-order valence-electron chi connectivity index (χ4n) is 0.381. The van der Waals surface area contributed by atoms with Crippen LogP contribution < -0.4 is 0 Å². The van der Waals surface area contributed by atoms with Crippen molar-refractivity contribution in [2.75, 3.05) is 27.4 Å². The Balaban J connectivity index is 0. The van der Waals surface area contributed by atoms with E-state index in [-0.39, 0.29) is 0 Å². The van der Waals surface area contributed by atoms with E-state index < -0.39 is 5.97 Å². The molecule has 0 aromatic carbocycles. The normalized spacial score (nSPS) is 8.58. The number of carboxylic acid groups (broad SMARTS) is 1. The maximum Gasteiger partial charge on any atom is 0.303 e. The van der Waals surface area contributed by atoms with Gasteiger partial charge in [0.15, 0.2) is 0 Å². The molecule has 4 heteroatoms. The van der Waals surface area contributed by atoms with E-state index in [1.54, 1.807) is 14.2 Å². The Morgan fingerprint density at radius 3 is 1.75 bits per heavy atom. The molecule has 0 aliphatic rings. The van der Waals surface area contributed by atoms with E-state index in [9.17, 15) is 4.79 Å². The van der Waals surface area contributed by atoms with Crippen LogP contribution in [0.4, 0.5) is 0 Å². The molecule has 0 aliphatic heterocycles. The summed E-state index contributed by atoms with van der Waals surface area (Å²) in [5, 5.41) is 7.91. The molecule has 0 amide bonds. The Bertz CT molecular complexity index is 89.1. The van der Waals surface area contributed by atoms with Gasteiger partial charge in [0, 0.05) is 20.6 Å². The van der Waals surface area contributed by atoms with E-state index >= 15 is 0 Å². The Labute approximate surface area is 73.5 Å². The third kappa shape index (κ3) is 22.8. The van der Waals surface area contributed by atoms with E-state index in [1.807, 2.05) is 6.92 Å². The van der Waals surface area contributed by atoms with Crippen LogP contribution in [0, 0.1) is 0 Å². The summed E-state index contributed by atoms with van der Waals surface area (Å²) in [7, 11) is 3.30. The third-order valence-electron chi connectivity index (χ3n) is 0.955. The van der Waals surface area contributed by atoms with Crippen molar-refractivity contribution >= 4 is 5.97 Å². The first kappa shape index (κ1) is 13.9. The lowest BCUT2D eigenvalue weighted by Crippen LogP contribution is -1.96. The second-order valence-corrected chi connectivity index (χ2v) is 2.13. The molecule has 74 valence electrons. The molecule has 0 atom stereocenters. The molecule has 4 nitrogen and oxygen atoms in total. The smallest absolute Gasteiger partial charge is 0.303 e. The van der Waals surface area contributed by atoms with Crippen molar-refractivity contribution in [3.05, 3.63) is 0 Å². The van der Waals surface area contributed by atoms with Gasteiger partial charge in [0.25, 0.3) is 0 Å². The number of methoxy groups -OCH3 is 2. The van der Waals surface area contributed by atoms with Crippen LogP contribution in [0.3, 0.4) is 0 Å². The summed E-state index contributed by atoms with van der Waals surface area (Å²) in [6.07, 6.45) is 1.02. The standard InChI is InChI=1S/C4H10O2.C4H8O2/c1-5-3-4-6-2;1-2-3-4(5)6/h3-4H2,1-2H3;2-3H2,1H3,(H,5,6). The number of rotatable bonds is 5. The van der Waals surface area contributed by atoms with Crippen molar-refractivity contribution in [1.29, 1.82) is 0 Å². The quantitative estimate of drug-likeness (QED) is 0.641. The van der Waals surface area contributed by atoms with Crippen molar-refractivity contribution in [2.45, 2.75) is 19.8 Å². The molecule has 12 heavy (non-hydrogen) atoms. The highest BCUT2D eigenvalue weighted by atomic mass is 16.5. The fourth-order valence-corrected chi connectivity index (χ4v) is 0.381. The van der Waals surface area contributed by atoms with Crippen molar-refractivity contribution in [3.63, 3.8) is 0 Å². The Morgan fingerprint density at radius 2 is 1.67 bits per heavy atom. The predicted octanol–water partition coefficient (Wildman–Crippen LogP) is 1.15. The second kappa shape index (κ2) is 13.0. The van der Waals surface area contributed by atoms with Gasteiger partial charge in [0.1, 0.15) is 0 Å².